The van der Waals surface area contributed by atoms with Crippen molar-refractivity contribution < 1.29 is 14.3 Å². The lowest BCUT2D eigenvalue weighted by atomic mass is 10.3. The quantitative estimate of drug-likeness (QED) is 0.649. The molecule has 106 valence electrons. The summed E-state index contributed by atoms with van der Waals surface area (Å²) in [6, 6.07) is 0. The molecule has 0 aromatic carbocycles. The van der Waals surface area contributed by atoms with Gasteiger partial charge in [0.25, 0.3) is 0 Å². The minimum atomic E-state index is 0.497. The zero-order chi connectivity index (χ0) is 13.7. The third kappa shape index (κ3) is 3.75. The van der Waals surface area contributed by atoms with Gasteiger partial charge < -0.3 is 14.4 Å². The smallest absolute Gasteiger partial charge is 0.186 e. The van der Waals surface area contributed by atoms with Crippen LogP contribution in [0.3, 0.4) is 0 Å². The summed E-state index contributed by atoms with van der Waals surface area (Å²) in [7, 11) is 3.37. The molecule has 1 aliphatic carbocycles. The summed E-state index contributed by atoms with van der Waals surface area (Å²) >= 11 is 1.47. The average Bonchev–Trinajstić information content (AvgIpc) is 3.19. The van der Waals surface area contributed by atoms with Crippen molar-refractivity contribution in [3.05, 3.63) is 10.6 Å². The number of hydrogen-bond acceptors (Lipinski definition) is 6. The van der Waals surface area contributed by atoms with Gasteiger partial charge in [0, 0.05) is 33.2 Å². The zero-order valence-corrected chi connectivity index (χ0v) is 12.2. The fraction of sp³-hybridized carbons (Fsp3) is 0.692. The van der Waals surface area contributed by atoms with Gasteiger partial charge in [-0.15, -0.1) is 0 Å². The second-order valence-electron chi connectivity index (χ2n) is 4.61. The third-order valence-corrected chi connectivity index (χ3v) is 4.20. The number of carbonyl (C=O) groups excluding carboxylic acids is 1. The van der Waals surface area contributed by atoms with Gasteiger partial charge in [0.15, 0.2) is 11.4 Å². The van der Waals surface area contributed by atoms with Crippen molar-refractivity contribution in [3.8, 4) is 0 Å². The lowest BCUT2D eigenvalue weighted by molar-refractivity contribution is 0.112. The van der Waals surface area contributed by atoms with Gasteiger partial charge in [0.1, 0.15) is 0 Å². The Labute approximate surface area is 117 Å². The molecule has 0 spiro atoms. The second-order valence-corrected chi connectivity index (χ2v) is 5.62. The number of carbonyl (C=O) groups is 1. The Bertz CT molecular complexity index is 410. The lowest BCUT2D eigenvalue weighted by Crippen LogP contribution is -2.30. The van der Waals surface area contributed by atoms with Gasteiger partial charge >= 0.3 is 0 Å². The minimum absolute atomic E-state index is 0.497. The van der Waals surface area contributed by atoms with E-state index in [0.29, 0.717) is 19.1 Å². The summed E-state index contributed by atoms with van der Waals surface area (Å²) in [5.74, 6) is 0.497. The molecule has 0 amide bonds. The summed E-state index contributed by atoms with van der Waals surface area (Å²) < 4.78 is 10.2. The van der Waals surface area contributed by atoms with E-state index in [1.165, 1.54) is 11.3 Å². The monoisotopic (exact) mass is 284 g/mol. The molecule has 1 aromatic heterocycles. The van der Waals surface area contributed by atoms with Crippen LogP contribution in [-0.4, -0.2) is 51.8 Å². The Hall–Kier alpha value is -0.980. The number of rotatable bonds is 9. The maximum absolute atomic E-state index is 11.1. The number of hydrogen-bond donors (Lipinski definition) is 0. The largest absolute Gasteiger partial charge is 0.383 e. The normalized spacial score (nSPS) is 14.6. The molecule has 0 saturated heterocycles. The molecule has 0 N–H and O–H groups in total. The van der Waals surface area contributed by atoms with Gasteiger partial charge in [0.05, 0.1) is 23.8 Å². The van der Waals surface area contributed by atoms with Crippen LogP contribution in [-0.2, 0) is 9.47 Å². The number of methoxy groups -OCH3 is 2. The molecule has 0 bridgehead atoms. The highest BCUT2D eigenvalue weighted by Gasteiger charge is 2.30. The van der Waals surface area contributed by atoms with E-state index >= 15 is 0 Å². The number of anilines is 1. The SMILES string of the molecule is COCCN(CCOC)c1nc(C2CC2)c(C=O)s1. The van der Waals surface area contributed by atoms with E-state index in [1.54, 1.807) is 14.2 Å². The highest BCUT2D eigenvalue weighted by atomic mass is 32.1. The first-order valence-corrected chi connectivity index (χ1v) is 7.30. The van der Waals surface area contributed by atoms with Gasteiger partial charge in [0.2, 0.25) is 0 Å². The Morgan fingerprint density at radius 1 is 1.32 bits per heavy atom. The molecule has 0 aliphatic heterocycles. The predicted molar refractivity (Wildman–Crippen MR) is 75.4 cm³/mol. The topological polar surface area (TPSA) is 51.7 Å². The summed E-state index contributed by atoms with van der Waals surface area (Å²) in [6.45, 7) is 2.79. The van der Waals surface area contributed by atoms with Crippen LogP contribution in [0.2, 0.25) is 0 Å². The van der Waals surface area contributed by atoms with Crippen LogP contribution in [0, 0.1) is 0 Å². The Morgan fingerprint density at radius 2 is 1.95 bits per heavy atom. The molecule has 1 aromatic rings. The molecule has 0 unspecified atom stereocenters. The molecule has 1 aliphatic rings. The Kier molecular flexibility index (Phi) is 5.30. The van der Waals surface area contributed by atoms with Crippen molar-refractivity contribution in [2.24, 2.45) is 0 Å². The summed E-state index contributed by atoms with van der Waals surface area (Å²) in [5.41, 5.74) is 0.981. The van der Waals surface area contributed by atoms with Crippen molar-refractivity contribution in [2.45, 2.75) is 18.8 Å². The summed E-state index contributed by atoms with van der Waals surface area (Å²) in [4.78, 5) is 18.7. The standard InChI is InChI=1S/C13H20N2O3S/c1-17-7-5-15(6-8-18-2)13-14-12(10-3-4-10)11(9-16)19-13/h9-10H,3-8H2,1-2H3. The van der Waals surface area contributed by atoms with Crippen LogP contribution in [0.15, 0.2) is 0 Å². The first kappa shape index (κ1) is 14.4. The number of thiazole rings is 1. The number of aldehydes is 1. The second kappa shape index (κ2) is 6.98. The van der Waals surface area contributed by atoms with E-state index in [0.717, 1.165) is 47.9 Å². The highest BCUT2D eigenvalue weighted by molar-refractivity contribution is 7.17. The molecule has 6 heteroatoms. The Balaban J connectivity index is 2.12. The van der Waals surface area contributed by atoms with Crippen molar-refractivity contribution in [1.82, 2.24) is 4.98 Å². The molecular weight excluding hydrogens is 264 g/mol. The lowest BCUT2D eigenvalue weighted by Gasteiger charge is -2.20. The zero-order valence-electron chi connectivity index (χ0n) is 11.4. The van der Waals surface area contributed by atoms with Crippen molar-refractivity contribution in [1.29, 1.82) is 0 Å². The maximum Gasteiger partial charge on any atom is 0.186 e. The van der Waals surface area contributed by atoms with Crippen molar-refractivity contribution in [2.75, 3.05) is 45.4 Å². The first-order valence-electron chi connectivity index (χ1n) is 6.48. The molecule has 0 radical (unpaired) electrons. The molecule has 0 atom stereocenters. The first-order chi connectivity index (χ1) is 9.30. The van der Waals surface area contributed by atoms with Gasteiger partial charge in [-0.2, -0.15) is 0 Å². The van der Waals surface area contributed by atoms with Crippen LogP contribution in [0.5, 0.6) is 0 Å². The van der Waals surface area contributed by atoms with E-state index in [1.807, 2.05) is 0 Å². The average molecular weight is 284 g/mol. The Morgan fingerprint density at radius 3 is 2.42 bits per heavy atom. The van der Waals surface area contributed by atoms with E-state index in [-0.39, 0.29) is 0 Å². The van der Waals surface area contributed by atoms with Gasteiger partial charge in [-0.25, -0.2) is 4.98 Å². The van der Waals surface area contributed by atoms with E-state index in [2.05, 4.69) is 9.88 Å². The van der Waals surface area contributed by atoms with Gasteiger partial charge in [-0.05, 0) is 12.8 Å². The number of aromatic nitrogens is 1. The molecule has 1 saturated carbocycles. The van der Waals surface area contributed by atoms with E-state index in [9.17, 15) is 4.79 Å². The van der Waals surface area contributed by atoms with Crippen LogP contribution < -0.4 is 4.90 Å². The van der Waals surface area contributed by atoms with E-state index < -0.39 is 0 Å². The minimum Gasteiger partial charge on any atom is -0.383 e. The van der Waals surface area contributed by atoms with Gasteiger partial charge in [-0.1, -0.05) is 11.3 Å². The molecule has 5 nitrogen and oxygen atoms in total. The predicted octanol–water partition coefficient (Wildman–Crippen LogP) is 1.93. The van der Waals surface area contributed by atoms with Gasteiger partial charge in [-0.3, -0.25) is 4.79 Å². The number of nitrogens with zero attached hydrogens (tertiary/aromatic N) is 2. The van der Waals surface area contributed by atoms with Crippen LogP contribution in [0.25, 0.3) is 0 Å². The molecule has 1 fully saturated rings. The third-order valence-electron chi connectivity index (χ3n) is 3.14. The van der Waals surface area contributed by atoms with Crippen molar-refractivity contribution in [3.63, 3.8) is 0 Å². The summed E-state index contributed by atoms with van der Waals surface area (Å²) in [6.07, 6.45) is 3.24. The van der Waals surface area contributed by atoms with Crippen molar-refractivity contribution >= 4 is 22.8 Å². The van der Waals surface area contributed by atoms with Crippen LogP contribution >= 0.6 is 11.3 Å². The fourth-order valence-corrected chi connectivity index (χ4v) is 2.92. The number of ether oxygens (including phenoxy) is 2. The molecule has 19 heavy (non-hydrogen) atoms. The molecular formula is C13H20N2O3S. The molecule has 2 rings (SSSR count). The fourth-order valence-electron chi connectivity index (χ4n) is 1.91. The van der Waals surface area contributed by atoms with E-state index in [4.69, 9.17) is 9.47 Å². The highest BCUT2D eigenvalue weighted by Crippen LogP contribution is 2.43. The molecule has 1 heterocycles. The maximum atomic E-state index is 11.1. The van der Waals surface area contributed by atoms with Crippen LogP contribution in [0.4, 0.5) is 5.13 Å². The van der Waals surface area contributed by atoms with Crippen LogP contribution in [0.1, 0.15) is 34.1 Å². The summed E-state index contributed by atoms with van der Waals surface area (Å²) in [5, 5.41) is 0.901.